The number of ether oxygens (including phenoxy) is 1. The van der Waals surface area contributed by atoms with E-state index in [9.17, 15) is 0 Å². The summed E-state index contributed by atoms with van der Waals surface area (Å²) in [6.07, 6.45) is 2.07. The van der Waals surface area contributed by atoms with Crippen LogP contribution in [0.3, 0.4) is 0 Å². The van der Waals surface area contributed by atoms with Gasteiger partial charge in [-0.25, -0.2) is 0 Å². The first-order valence-corrected chi connectivity index (χ1v) is 6.95. The zero-order valence-electron chi connectivity index (χ0n) is 11.6. The largest absolute Gasteiger partial charge is 0.489 e. The highest BCUT2D eigenvalue weighted by molar-refractivity contribution is 6.35. The van der Waals surface area contributed by atoms with Crippen LogP contribution in [0.1, 0.15) is 11.1 Å². The Kier molecular flexibility index (Phi) is 3.41. The lowest BCUT2D eigenvalue weighted by Gasteiger charge is -2.05. The molecule has 20 heavy (non-hydrogen) atoms. The van der Waals surface area contributed by atoms with Crippen molar-refractivity contribution < 1.29 is 4.74 Å². The van der Waals surface area contributed by atoms with E-state index < -0.39 is 0 Å². The van der Waals surface area contributed by atoms with Crippen molar-refractivity contribution in [2.75, 3.05) is 0 Å². The summed E-state index contributed by atoms with van der Waals surface area (Å²) in [6, 6.07) is 14.1. The summed E-state index contributed by atoms with van der Waals surface area (Å²) < 4.78 is 7.90. The predicted octanol–water partition coefficient (Wildman–Crippen LogP) is 4.72. The lowest BCUT2D eigenvalue weighted by atomic mass is 10.2. The Labute approximate surface area is 123 Å². The van der Waals surface area contributed by atoms with Gasteiger partial charge in [-0.3, -0.25) is 0 Å². The monoisotopic (exact) mass is 285 g/mol. The van der Waals surface area contributed by atoms with Crippen molar-refractivity contribution in [2.24, 2.45) is 7.05 Å². The minimum atomic E-state index is 0.542. The quantitative estimate of drug-likeness (QED) is 0.679. The van der Waals surface area contributed by atoms with E-state index >= 15 is 0 Å². The fraction of sp³-hybridized carbons (Fsp3) is 0.176. The van der Waals surface area contributed by atoms with Gasteiger partial charge in [-0.1, -0.05) is 41.4 Å². The van der Waals surface area contributed by atoms with E-state index in [0.717, 1.165) is 27.2 Å². The van der Waals surface area contributed by atoms with Crippen LogP contribution < -0.4 is 4.74 Å². The molecule has 2 nitrogen and oxygen atoms in total. The zero-order valence-corrected chi connectivity index (χ0v) is 12.3. The van der Waals surface area contributed by atoms with Gasteiger partial charge in [-0.2, -0.15) is 0 Å². The van der Waals surface area contributed by atoms with Gasteiger partial charge >= 0.3 is 0 Å². The molecule has 102 valence electrons. The van der Waals surface area contributed by atoms with Crippen molar-refractivity contribution in [3.63, 3.8) is 0 Å². The number of hydrogen-bond acceptors (Lipinski definition) is 1. The summed E-state index contributed by atoms with van der Waals surface area (Å²) in [5, 5.41) is 1.92. The molecule has 0 atom stereocenters. The molecule has 3 heteroatoms. The Morgan fingerprint density at radius 2 is 1.85 bits per heavy atom. The van der Waals surface area contributed by atoms with Crippen molar-refractivity contribution >= 4 is 22.5 Å². The Hall–Kier alpha value is -1.93. The molecule has 0 radical (unpaired) electrons. The highest BCUT2D eigenvalue weighted by Crippen LogP contribution is 2.28. The molecular weight excluding hydrogens is 270 g/mol. The van der Waals surface area contributed by atoms with Gasteiger partial charge < -0.3 is 9.30 Å². The number of hydrogen-bond donors (Lipinski definition) is 0. The minimum Gasteiger partial charge on any atom is -0.489 e. The maximum atomic E-state index is 6.25. The first-order chi connectivity index (χ1) is 9.65. The molecule has 0 N–H and O–H groups in total. The summed E-state index contributed by atoms with van der Waals surface area (Å²) >= 11 is 6.25. The lowest BCUT2D eigenvalue weighted by Crippen LogP contribution is -1.94. The molecule has 0 amide bonds. The van der Waals surface area contributed by atoms with E-state index in [1.54, 1.807) is 0 Å². The Balaban J connectivity index is 1.88. The van der Waals surface area contributed by atoms with Crippen LogP contribution in [-0.2, 0) is 13.7 Å². The molecule has 0 unspecified atom stereocenters. The maximum absolute atomic E-state index is 6.25. The van der Waals surface area contributed by atoms with Crippen LogP contribution in [0.15, 0.2) is 48.7 Å². The highest BCUT2D eigenvalue weighted by atomic mass is 35.5. The Bertz CT molecular complexity index is 744. The van der Waals surface area contributed by atoms with Crippen molar-refractivity contribution in [3.8, 4) is 5.75 Å². The first-order valence-electron chi connectivity index (χ1n) is 6.57. The summed E-state index contributed by atoms with van der Waals surface area (Å²) in [5.41, 5.74) is 3.43. The van der Waals surface area contributed by atoms with E-state index in [-0.39, 0.29) is 0 Å². The van der Waals surface area contributed by atoms with E-state index in [4.69, 9.17) is 16.3 Å². The third kappa shape index (κ3) is 2.39. The number of aryl methyl sites for hydroxylation is 2. The molecule has 3 aromatic rings. The molecule has 0 aliphatic rings. The van der Waals surface area contributed by atoms with Crippen LogP contribution in [0, 0.1) is 6.92 Å². The summed E-state index contributed by atoms with van der Waals surface area (Å²) in [4.78, 5) is 0. The van der Waals surface area contributed by atoms with Gasteiger partial charge in [0.1, 0.15) is 12.4 Å². The van der Waals surface area contributed by atoms with Crippen LogP contribution in [0.25, 0.3) is 10.9 Å². The van der Waals surface area contributed by atoms with Gasteiger partial charge in [-0.05, 0) is 25.1 Å². The van der Waals surface area contributed by atoms with Crippen LogP contribution in [-0.4, -0.2) is 4.57 Å². The van der Waals surface area contributed by atoms with Crippen LogP contribution in [0.5, 0.6) is 5.75 Å². The molecule has 0 bridgehead atoms. The molecule has 2 aromatic carbocycles. The molecule has 0 fully saturated rings. The van der Waals surface area contributed by atoms with Gasteiger partial charge in [0.2, 0.25) is 0 Å². The Morgan fingerprint density at radius 3 is 2.60 bits per heavy atom. The molecule has 0 aliphatic heterocycles. The second-order valence-corrected chi connectivity index (χ2v) is 5.41. The standard InChI is InChI=1S/C17H16ClNO/c1-12-6-8-14(9-7-12)20-11-13-10-19(2)17-15(13)4-3-5-16(17)18/h3-10H,11H2,1-2H3. The average molecular weight is 286 g/mol. The number of fused-ring (bicyclic) bond motifs is 1. The average Bonchev–Trinajstić information content (AvgIpc) is 2.76. The van der Waals surface area contributed by atoms with Crippen LogP contribution >= 0.6 is 11.6 Å². The van der Waals surface area contributed by atoms with Gasteiger partial charge in [0.25, 0.3) is 0 Å². The van der Waals surface area contributed by atoms with Gasteiger partial charge in [0.05, 0.1) is 10.5 Å². The molecule has 1 aromatic heterocycles. The maximum Gasteiger partial charge on any atom is 0.119 e. The number of halogens is 1. The molecule has 1 heterocycles. The normalized spacial score (nSPS) is 10.9. The van der Waals surface area contributed by atoms with Crippen molar-refractivity contribution in [2.45, 2.75) is 13.5 Å². The minimum absolute atomic E-state index is 0.542. The fourth-order valence-electron chi connectivity index (χ4n) is 2.41. The van der Waals surface area contributed by atoms with E-state index in [1.807, 2.05) is 35.9 Å². The second-order valence-electron chi connectivity index (χ2n) is 5.00. The second kappa shape index (κ2) is 5.22. The van der Waals surface area contributed by atoms with Crippen LogP contribution in [0.2, 0.25) is 5.02 Å². The fourth-order valence-corrected chi connectivity index (χ4v) is 2.72. The van der Waals surface area contributed by atoms with Crippen molar-refractivity contribution in [1.82, 2.24) is 4.57 Å². The van der Waals surface area contributed by atoms with E-state index in [1.165, 1.54) is 5.56 Å². The molecular formula is C17H16ClNO. The smallest absolute Gasteiger partial charge is 0.119 e. The molecule has 0 saturated heterocycles. The van der Waals surface area contributed by atoms with Crippen molar-refractivity contribution in [3.05, 3.63) is 64.8 Å². The first kappa shape index (κ1) is 13.1. The number of rotatable bonds is 3. The van der Waals surface area contributed by atoms with Gasteiger partial charge in [0.15, 0.2) is 0 Å². The molecule has 0 saturated carbocycles. The lowest BCUT2D eigenvalue weighted by molar-refractivity contribution is 0.307. The van der Waals surface area contributed by atoms with Crippen molar-refractivity contribution in [1.29, 1.82) is 0 Å². The highest BCUT2D eigenvalue weighted by Gasteiger charge is 2.09. The number of nitrogens with zero attached hydrogens (tertiary/aromatic N) is 1. The number of aromatic nitrogens is 1. The Morgan fingerprint density at radius 1 is 1.10 bits per heavy atom. The van der Waals surface area contributed by atoms with E-state index in [0.29, 0.717) is 6.61 Å². The van der Waals surface area contributed by atoms with Gasteiger partial charge in [0, 0.05) is 24.2 Å². The molecule has 0 aliphatic carbocycles. The van der Waals surface area contributed by atoms with Crippen LogP contribution in [0.4, 0.5) is 0 Å². The van der Waals surface area contributed by atoms with E-state index in [2.05, 4.69) is 31.3 Å². The number of para-hydroxylation sites is 1. The summed E-state index contributed by atoms with van der Waals surface area (Å²) in [6.45, 7) is 2.61. The molecule has 3 rings (SSSR count). The van der Waals surface area contributed by atoms with Gasteiger partial charge in [-0.15, -0.1) is 0 Å². The summed E-state index contributed by atoms with van der Waals surface area (Å²) in [5.74, 6) is 0.884. The molecule has 0 spiro atoms. The third-order valence-electron chi connectivity index (χ3n) is 3.45. The topological polar surface area (TPSA) is 14.2 Å². The predicted molar refractivity (Wildman–Crippen MR) is 83.4 cm³/mol. The zero-order chi connectivity index (χ0) is 14.1. The number of benzene rings is 2. The summed E-state index contributed by atoms with van der Waals surface area (Å²) in [7, 11) is 2.00. The third-order valence-corrected chi connectivity index (χ3v) is 3.76. The SMILES string of the molecule is Cc1ccc(OCc2cn(C)c3c(Cl)cccc23)cc1.